The van der Waals surface area contributed by atoms with E-state index >= 15 is 0 Å². The van der Waals surface area contributed by atoms with Gasteiger partial charge in [0.05, 0.1) is 11.0 Å². The second-order valence-electron chi connectivity index (χ2n) is 7.01. The minimum absolute atomic E-state index is 0.0188. The lowest BCUT2D eigenvalue weighted by atomic mass is 10.1. The van der Waals surface area contributed by atoms with Gasteiger partial charge in [-0.25, -0.2) is 0 Å². The van der Waals surface area contributed by atoms with Crippen LogP contribution in [0, 0.1) is 13.8 Å². The predicted octanol–water partition coefficient (Wildman–Crippen LogP) is 5.50. The Morgan fingerprint density at radius 1 is 1.10 bits per heavy atom. The minimum atomic E-state index is 0.0188. The lowest BCUT2D eigenvalue weighted by Gasteiger charge is -2.01. The summed E-state index contributed by atoms with van der Waals surface area (Å²) >= 11 is 3.55. The first-order chi connectivity index (χ1) is 13.9. The average molecular weight is 450 g/mol. The number of H-pyrrole nitrogens is 1. The summed E-state index contributed by atoms with van der Waals surface area (Å²) in [5.74, 6) is 0.134. The van der Waals surface area contributed by atoms with Crippen molar-refractivity contribution >= 4 is 60.5 Å². The van der Waals surface area contributed by atoms with Gasteiger partial charge in [-0.3, -0.25) is 0 Å². The number of azo groups is 1. The molecule has 2 N–H and O–H groups in total. The van der Waals surface area contributed by atoms with Crippen LogP contribution >= 0.6 is 15.9 Å². The summed E-state index contributed by atoms with van der Waals surface area (Å²) in [4.78, 5) is 7.70. The number of hydrogen-bond acceptors (Lipinski definition) is 6. The molecule has 3 heterocycles. The van der Waals surface area contributed by atoms with Crippen LogP contribution < -0.4 is 0 Å². The monoisotopic (exact) mass is 449 g/mol. The van der Waals surface area contributed by atoms with Crippen molar-refractivity contribution in [2.75, 3.05) is 0 Å². The van der Waals surface area contributed by atoms with Gasteiger partial charge in [0.25, 0.3) is 5.95 Å². The van der Waals surface area contributed by atoms with E-state index < -0.39 is 0 Å². The first-order valence-electron chi connectivity index (χ1n) is 8.95. The quantitative estimate of drug-likeness (QED) is 0.347. The van der Waals surface area contributed by atoms with E-state index in [1.54, 1.807) is 11.6 Å². The molecule has 0 unspecified atom stereocenters. The number of fused-ring (bicyclic) bond motifs is 4. The molecule has 8 nitrogen and oxygen atoms in total. The van der Waals surface area contributed by atoms with Gasteiger partial charge in [-0.2, -0.15) is 4.98 Å². The second kappa shape index (κ2) is 6.35. The highest BCUT2D eigenvalue weighted by Crippen LogP contribution is 2.41. The lowest BCUT2D eigenvalue weighted by Crippen LogP contribution is -1.87. The van der Waals surface area contributed by atoms with E-state index in [9.17, 15) is 5.11 Å². The van der Waals surface area contributed by atoms with Crippen LogP contribution in [0.2, 0.25) is 0 Å². The van der Waals surface area contributed by atoms with Crippen molar-refractivity contribution in [3.8, 4) is 5.88 Å². The molecule has 29 heavy (non-hydrogen) atoms. The molecule has 0 aliphatic carbocycles. The number of nitrogens with zero attached hydrogens (tertiary/aromatic N) is 6. The van der Waals surface area contributed by atoms with E-state index in [2.05, 4.69) is 46.3 Å². The molecule has 0 amide bonds. The van der Waals surface area contributed by atoms with Crippen LogP contribution in [-0.4, -0.2) is 29.8 Å². The molecule has 0 aliphatic heterocycles. The Hall–Kier alpha value is -3.33. The van der Waals surface area contributed by atoms with Crippen molar-refractivity contribution in [2.45, 2.75) is 13.8 Å². The van der Waals surface area contributed by atoms with Crippen LogP contribution in [0.3, 0.4) is 0 Å². The van der Waals surface area contributed by atoms with Gasteiger partial charge in [0.15, 0.2) is 11.3 Å². The fraction of sp³-hybridized carbons (Fsp3) is 0.150. The topological polar surface area (TPSA) is 104 Å². The van der Waals surface area contributed by atoms with Crippen LogP contribution in [0.1, 0.15) is 11.1 Å². The molecule has 0 aliphatic rings. The Kier molecular flexibility index (Phi) is 3.88. The van der Waals surface area contributed by atoms with Crippen LogP contribution in [0.5, 0.6) is 5.88 Å². The van der Waals surface area contributed by atoms with Gasteiger partial charge in [-0.15, -0.1) is 20.4 Å². The second-order valence-corrected chi connectivity index (χ2v) is 7.86. The maximum atomic E-state index is 10.5. The van der Waals surface area contributed by atoms with Crippen LogP contribution in [0.25, 0.3) is 33.0 Å². The van der Waals surface area contributed by atoms with E-state index in [-0.39, 0.29) is 11.8 Å². The summed E-state index contributed by atoms with van der Waals surface area (Å²) in [6.07, 6.45) is 0. The van der Waals surface area contributed by atoms with Gasteiger partial charge < -0.3 is 14.7 Å². The number of nitrogens with one attached hydrogen (secondary N) is 1. The number of rotatable bonds is 2. The largest absolute Gasteiger partial charge is 0.493 e. The number of benzene rings is 2. The van der Waals surface area contributed by atoms with Gasteiger partial charge in [-0.1, -0.05) is 18.2 Å². The number of halogens is 1. The molecular formula is C20H16BrN7O. The number of aromatic hydroxyl groups is 1. The molecule has 5 aromatic rings. The molecule has 0 spiro atoms. The lowest BCUT2D eigenvalue weighted by molar-refractivity contribution is 0.436. The molecule has 9 heteroatoms. The van der Waals surface area contributed by atoms with Crippen molar-refractivity contribution in [1.82, 2.24) is 24.7 Å². The third-order valence-electron chi connectivity index (χ3n) is 5.01. The van der Waals surface area contributed by atoms with Crippen molar-refractivity contribution in [3.05, 3.63) is 45.9 Å². The fourth-order valence-corrected chi connectivity index (χ4v) is 4.45. The van der Waals surface area contributed by atoms with Gasteiger partial charge in [-0.05, 0) is 53.0 Å². The van der Waals surface area contributed by atoms with Crippen molar-refractivity contribution in [3.63, 3.8) is 0 Å². The minimum Gasteiger partial charge on any atom is -0.493 e. The van der Waals surface area contributed by atoms with E-state index in [0.717, 1.165) is 37.4 Å². The van der Waals surface area contributed by atoms with Crippen LogP contribution in [0.15, 0.2) is 45.0 Å². The highest BCUT2D eigenvalue weighted by molar-refractivity contribution is 9.10. The summed E-state index contributed by atoms with van der Waals surface area (Å²) in [5.41, 5.74) is 5.61. The molecule has 0 atom stereocenters. The summed E-state index contributed by atoms with van der Waals surface area (Å²) in [6.45, 7) is 4.00. The Labute approximate surface area is 173 Å². The fourth-order valence-electron chi connectivity index (χ4n) is 3.61. The highest BCUT2D eigenvalue weighted by Gasteiger charge is 2.17. The summed E-state index contributed by atoms with van der Waals surface area (Å²) < 4.78 is 2.54. The first kappa shape index (κ1) is 17.7. The third-order valence-corrected chi connectivity index (χ3v) is 5.62. The zero-order chi connectivity index (χ0) is 20.3. The van der Waals surface area contributed by atoms with E-state index in [4.69, 9.17) is 0 Å². The molecule has 3 aromatic heterocycles. The molecule has 0 bridgehead atoms. The number of para-hydroxylation sites is 1. The molecule has 5 rings (SSSR count). The zero-order valence-corrected chi connectivity index (χ0v) is 17.5. The molecule has 0 fully saturated rings. The van der Waals surface area contributed by atoms with E-state index in [1.807, 2.05) is 44.2 Å². The van der Waals surface area contributed by atoms with Gasteiger partial charge in [0, 0.05) is 22.3 Å². The Bertz CT molecular complexity index is 1470. The van der Waals surface area contributed by atoms with Crippen molar-refractivity contribution in [1.29, 1.82) is 0 Å². The van der Waals surface area contributed by atoms with E-state index in [0.29, 0.717) is 16.9 Å². The maximum absolute atomic E-state index is 10.5. The summed E-state index contributed by atoms with van der Waals surface area (Å²) in [7, 11) is 1.77. The van der Waals surface area contributed by atoms with Crippen LogP contribution in [-0.2, 0) is 7.05 Å². The normalized spacial score (nSPS) is 12.1. The summed E-state index contributed by atoms with van der Waals surface area (Å²) in [6, 6.07) is 9.92. The predicted molar refractivity (Wildman–Crippen MR) is 115 cm³/mol. The van der Waals surface area contributed by atoms with Gasteiger partial charge in [0.2, 0.25) is 5.88 Å². The molecule has 2 aromatic carbocycles. The highest BCUT2D eigenvalue weighted by atomic mass is 79.9. The van der Waals surface area contributed by atoms with Crippen molar-refractivity contribution in [2.24, 2.45) is 17.3 Å². The van der Waals surface area contributed by atoms with E-state index in [1.165, 1.54) is 0 Å². The number of aromatic nitrogens is 5. The molecule has 0 saturated heterocycles. The van der Waals surface area contributed by atoms with Crippen LogP contribution in [0.4, 0.5) is 11.6 Å². The van der Waals surface area contributed by atoms with Crippen molar-refractivity contribution < 1.29 is 5.11 Å². The first-order valence-corrected chi connectivity index (χ1v) is 9.74. The Morgan fingerprint density at radius 3 is 2.76 bits per heavy atom. The van der Waals surface area contributed by atoms with Gasteiger partial charge in [0.1, 0.15) is 5.52 Å². The Morgan fingerprint density at radius 2 is 1.93 bits per heavy atom. The molecule has 0 radical (unpaired) electrons. The SMILES string of the molecule is Cc1cc(Br)c2c(c1)c(N=Nc1nnc3c(n1)[nH]c1c(C)cccc13)c(O)n2C. The number of hydrogen-bond donors (Lipinski definition) is 2. The molecular weight excluding hydrogens is 434 g/mol. The zero-order valence-electron chi connectivity index (χ0n) is 15.9. The van der Waals surface area contributed by atoms with Gasteiger partial charge >= 0.3 is 0 Å². The molecule has 0 saturated carbocycles. The average Bonchev–Trinajstić information content (AvgIpc) is 3.17. The third kappa shape index (κ3) is 2.69. The maximum Gasteiger partial charge on any atom is 0.289 e. The number of aromatic amines is 1. The molecule has 144 valence electrons. The smallest absolute Gasteiger partial charge is 0.289 e. The Balaban J connectivity index is 1.63. The summed E-state index contributed by atoms with van der Waals surface area (Å²) in [5, 5.41) is 29.0. The number of aryl methyl sites for hydroxylation is 3. The standard InChI is InChI=1S/C20H16BrN7O/c1-9-7-12-16(19(29)28(3)17(12)13(21)8-9)25-27-20-23-18-15(24-26-20)11-6-4-5-10(2)14(11)22-18/h4-8,29H,1-3H3,(H,22,23,26).